The summed E-state index contributed by atoms with van der Waals surface area (Å²) in [6, 6.07) is 12.1. The van der Waals surface area contributed by atoms with E-state index in [9.17, 15) is 14.0 Å². The molecule has 0 unspecified atom stereocenters. The van der Waals surface area contributed by atoms with Gasteiger partial charge in [-0.05, 0) is 43.2 Å². The van der Waals surface area contributed by atoms with Crippen LogP contribution in [0.5, 0.6) is 0 Å². The zero-order chi connectivity index (χ0) is 19.1. The average Bonchev–Trinajstić information content (AvgIpc) is 2.56. The van der Waals surface area contributed by atoms with Crippen LogP contribution in [0.2, 0.25) is 5.02 Å². The molecule has 1 atom stereocenters. The topological polar surface area (TPSA) is 55.4 Å². The number of carbonyl (C=O) groups is 2. The lowest BCUT2D eigenvalue weighted by Crippen LogP contribution is -2.32. The van der Waals surface area contributed by atoms with Gasteiger partial charge in [0.25, 0.3) is 0 Å². The highest BCUT2D eigenvalue weighted by Crippen LogP contribution is 2.25. The van der Waals surface area contributed by atoms with Crippen molar-refractivity contribution < 1.29 is 18.7 Å². The Hall–Kier alpha value is -2.40. The largest absolute Gasteiger partial charge is 0.463 e. The van der Waals surface area contributed by atoms with Crippen molar-refractivity contribution in [3.8, 4) is 0 Å². The van der Waals surface area contributed by atoms with Gasteiger partial charge in [0.05, 0.1) is 25.0 Å². The maximum atomic E-state index is 13.0. The van der Waals surface area contributed by atoms with Crippen LogP contribution in [0.3, 0.4) is 0 Å². The van der Waals surface area contributed by atoms with E-state index in [1.54, 1.807) is 50.2 Å². The van der Waals surface area contributed by atoms with Gasteiger partial charge >= 0.3 is 5.97 Å². The summed E-state index contributed by atoms with van der Waals surface area (Å²) >= 11 is 6.22. The Morgan fingerprint density at radius 2 is 1.77 bits per heavy atom. The van der Waals surface area contributed by atoms with Crippen LogP contribution in [0.25, 0.3) is 0 Å². The molecule has 1 amide bonds. The lowest BCUT2D eigenvalue weighted by Gasteiger charge is -2.20. The predicted octanol–water partition coefficient (Wildman–Crippen LogP) is 4.22. The molecule has 0 aliphatic carbocycles. The van der Waals surface area contributed by atoms with Gasteiger partial charge in [-0.1, -0.05) is 41.9 Å². The van der Waals surface area contributed by atoms with E-state index in [-0.39, 0.29) is 30.7 Å². The highest BCUT2D eigenvalue weighted by molar-refractivity contribution is 6.31. The highest BCUT2D eigenvalue weighted by Gasteiger charge is 2.22. The third kappa shape index (κ3) is 6.15. The normalized spacial score (nSPS) is 11.9. The molecule has 0 radical (unpaired) electrons. The lowest BCUT2D eigenvalue weighted by molar-refractivity contribution is -0.148. The summed E-state index contributed by atoms with van der Waals surface area (Å²) in [6.45, 7) is 3.52. The van der Waals surface area contributed by atoms with Gasteiger partial charge in [-0.3, -0.25) is 9.59 Å². The molecule has 0 bridgehead atoms. The van der Waals surface area contributed by atoms with Crippen molar-refractivity contribution in [2.75, 3.05) is 0 Å². The van der Waals surface area contributed by atoms with Crippen molar-refractivity contribution in [2.24, 2.45) is 0 Å². The molecule has 4 nitrogen and oxygen atoms in total. The van der Waals surface area contributed by atoms with Gasteiger partial charge in [-0.15, -0.1) is 0 Å². The van der Waals surface area contributed by atoms with Crippen LogP contribution in [0.1, 0.15) is 37.4 Å². The fourth-order valence-electron chi connectivity index (χ4n) is 2.51. The van der Waals surface area contributed by atoms with Crippen LogP contribution in [-0.2, 0) is 20.7 Å². The fraction of sp³-hybridized carbons (Fsp3) is 0.300. The first-order valence-corrected chi connectivity index (χ1v) is 8.70. The standard InChI is InChI=1S/C20H21ClFNO3/c1-13(2)26-20(25)12-18(16-5-3-4-6-17(16)21)23-19(24)11-14-7-9-15(22)10-8-14/h3-10,13,18H,11-12H2,1-2H3,(H,23,24)/t18-/m1/s1. The molecule has 138 valence electrons. The van der Waals surface area contributed by atoms with Crippen LogP contribution in [0, 0.1) is 5.82 Å². The van der Waals surface area contributed by atoms with Crippen molar-refractivity contribution in [2.45, 2.75) is 38.8 Å². The molecular formula is C20H21ClFNO3. The number of carbonyl (C=O) groups excluding carboxylic acids is 2. The second-order valence-electron chi connectivity index (χ2n) is 6.19. The Balaban J connectivity index is 2.12. The summed E-state index contributed by atoms with van der Waals surface area (Å²) in [7, 11) is 0. The van der Waals surface area contributed by atoms with Crippen LogP contribution in [0.4, 0.5) is 4.39 Å². The summed E-state index contributed by atoms with van der Waals surface area (Å²) in [5.74, 6) is -1.08. The molecule has 2 rings (SSSR count). The van der Waals surface area contributed by atoms with Gasteiger partial charge < -0.3 is 10.1 Å². The second kappa shape index (κ2) is 9.34. The molecule has 0 fully saturated rings. The first kappa shape index (κ1) is 19.9. The number of hydrogen-bond donors (Lipinski definition) is 1. The van der Waals surface area contributed by atoms with Crippen LogP contribution >= 0.6 is 11.6 Å². The highest BCUT2D eigenvalue weighted by atomic mass is 35.5. The molecule has 0 aliphatic rings. The molecule has 26 heavy (non-hydrogen) atoms. The maximum Gasteiger partial charge on any atom is 0.308 e. The smallest absolute Gasteiger partial charge is 0.308 e. The molecule has 2 aromatic carbocycles. The third-order valence-corrected chi connectivity index (χ3v) is 3.98. The van der Waals surface area contributed by atoms with Crippen LogP contribution < -0.4 is 5.32 Å². The van der Waals surface area contributed by atoms with Crippen molar-refractivity contribution in [1.82, 2.24) is 5.32 Å². The molecular weight excluding hydrogens is 357 g/mol. The third-order valence-electron chi connectivity index (χ3n) is 3.63. The van der Waals surface area contributed by atoms with E-state index in [0.717, 1.165) is 0 Å². The van der Waals surface area contributed by atoms with E-state index in [2.05, 4.69) is 5.32 Å². The number of benzene rings is 2. The molecule has 0 aliphatic heterocycles. The molecule has 0 heterocycles. The quantitative estimate of drug-likeness (QED) is 0.735. The number of rotatable bonds is 7. The number of esters is 1. The summed E-state index contributed by atoms with van der Waals surface area (Å²) in [6.07, 6.45) is -0.207. The van der Waals surface area contributed by atoms with E-state index >= 15 is 0 Å². The molecule has 0 saturated carbocycles. The van der Waals surface area contributed by atoms with Crippen molar-refractivity contribution in [1.29, 1.82) is 0 Å². The monoisotopic (exact) mass is 377 g/mol. The van der Waals surface area contributed by atoms with E-state index in [4.69, 9.17) is 16.3 Å². The van der Waals surface area contributed by atoms with Gasteiger partial charge in [-0.25, -0.2) is 4.39 Å². The van der Waals surface area contributed by atoms with Gasteiger partial charge in [0.2, 0.25) is 5.91 Å². The zero-order valence-corrected chi connectivity index (χ0v) is 15.4. The minimum Gasteiger partial charge on any atom is -0.463 e. The van der Waals surface area contributed by atoms with Crippen molar-refractivity contribution in [3.63, 3.8) is 0 Å². The fourth-order valence-corrected chi connectivity index (χ4v) is 2.77. The van der Waals surface area contributed by atoms with Gasteiger partial charge in [0.1, 0.15) is 5.82 Å². The van der Waals surface area contributed by atoms with E-state index in [0.29, 0.717) is 16.1 Å². The van der Waals surface area contributed by atoms with Crippen molar-refractivity contribution in [3.05, 3.63) is 70.5 Å². The summed E-state index contributed by atoms with van der Waals surface area (Å²) in [5, 5.41) is 3.28. The molecule has 0 saturated heterocycles. The molecule has 2 aromatic rings. The Morgan fingerprint density at radius 1 is 1.12 bits per heavy atom. The number of hydrogen-bond acceptors (Lipinski definition) is 3. The van der Waals surface area contributed by atoms with E-state index < -0.39 is 12.0 Å². The minimum atomic E-state index is -0.608. The number of nitrogens with one attached hydrogen (secondary N) is 1. The minimum absolute atomic E-state index is 0.0307. The van der Waals surface area contributed by atoms with Crippen LogP contribution in [-0.4, -0.2) is 18.0 Å². The first-order valence-electron chi connectivity index (χ1n) is 8.33. The summed E-state index contributed by atoms with van der Waals surface area (Å²) in [5.41, 5.74) is 1.31. The Kier molecular flexibility index (Phi) is 7.16. The number of ether oxygens (including phenoxy) is 1. The Morgan fingerprint density at radius 3 is 2.38 bits per heavy atom. The first-order chi connectivity index (χ1) is 12.3. The van der Waals surface area contributed by atoms with E-state index in [1.165, 1.54) is 12.1 Å². The Bertz CT molecular complexity index is 762. The second-order valence-corrected chi connectivity index (χ2v) is 6.59. The van der Waals surface area contributed by atoms with E-state index in [1.807, 2.05) is 0 Å². The lowest BCUT2D eigenvalue weighted by atomic mass is 10.0. The van der Waals surface area contributed by atoms with Gasteiger partial charge in [-0.2, -0.15) is 0 Å². The molecule has 6 heteroatoms. The number of amides is 1. The molecule has 0 aromatic heterocycles. The number of halogens is 2. The van der Waals surface area contributed by atoms with Gasteiger partial charge in [0, 0.05) is 5.02 Å². The predicted molar refractivity (Wildman–Crippen MR) is 98.3 cm³/mol. The average molecular weight is 378 g/mol. The molecule has 1 N–H and O–H groups in total. The van der Waals surface area contributed by atoms with Gasteiger partial charge in [0.15, 0.2) is 0 Å². The maximum absolute atomic E-state index is 13.0. The van der Waals surface area contributed by atoms with Crippen LogP contribution in [0.15, 0.2) is 48.5 Å². The molecule has 0 spiro atoms. The summed E-state index contributed by atoms with van der Waals surface area (Å²) < 4.78 is 18.2. The zero-order valence-electron chi connectivity index (χ0n) is 14.7. The Labute approximate surface area is 157 Å². The SMILES string of the molecule is CC(C)OC(=O)C[C@@H](NC(=O)Cc1ccc(F)cc1)c1ccccc1Cl. The summed E-state index contributed by atoms with van der Waals surface area (Å²) in [4.78, 5) is 24.5. The van der Waals surface area contributed by atoms with Crippen molar-refractivity contribution >= 4 is 23.5 Å².